The number of hydrogen-bond donors (Lipinski definition) is 2. The van der Waals surface area contributed by atoms with Crippen LogP contribution in [0.25, 0.3) is 11.0 Å². The Morgan fingerprint density at radius 1 is 1.07 bits per heavy atom. The minimum absolute atomic E-state index is 0.0384. The molecule has 1 amide bonds. The standard InChI is InChI=1S/C22H16FN3O2S/c23-17-8-2-1-6-15(17)13-26-20-14(7-5-11-24-20)12-16(22(26)28)21(27)25-18-9-3-4-10-19(18)29/h1-12,29H,13H2,(H,25,27). The lowest BCUT2D eigenvalue weighted by Crippen LogP contribution is -2.30. The maximum Gasteiger partial charge on any atom is 0.265 e. The first-order valence-corrected chi connectivity index (χ1v) is 9.30. The molecular formula is C22H16FN3O2S. The quantitative estimate of drug-likeness (QED) is 0.502. The maximum absolute atomic E-state index is 14.2. The smallest absolute Gasteiger partial charge is 0.265 e. The normalized spacial score (nSPS) is 10.8. The number of carbonyl (C=O) groups excluding carboxylic acids is 1. The minimum atomic E-state index is -0.565. The number of rotatable bonds is 4. The molecule has 2 aromatic carbocycles. The number of para-hydroxylation sites is 1. The van der Waals surface area contributed by atoms with Gasteiger partial charge in [-0.15, -0.1) is 12.6 Å². The van der Waals surface area contributed by atoms with Crippen LogP contribution in [0.3, 0.4) is 0 Å². The molecule has 0 radical (unpaired) electrons. The number of pyridine rings is 2. The van der Waals surface area contributed by atoms with Gasteiger partial charge in [0.05, 0.1) is 12.2 Å². The van der Waals surface area contributed by atoms with Gasteiger partial charge in [0.1, 0.15) is 17.0 Å². The number of thiol groups is 1. The lowest BCUT2D eigenvalue weighted by Gasteiger charge is -2.13. The molecule has 0 bridgehead atoms. The average Bonchev–Trinajstić information content (AvgIpc) is 2.73. The van der Waals surface area contributed by atoms with Crippen molar-refractivity contribution in [1.29, 1.82) is 0 Å². The number of halogens is 1. The lowest BCUT2D eigenvalue weighted by atomic mass is 10.1. The van der Waals surface area contributed by atoms with Crippen molar-refractivity contribution in [2.45, 2.75) is 11.4 Å². The Labute approximate surface area is 171 Å². The molecule has 4 aromatic rings. The molecule has 5 nitrogen and oxygen atoms in total. The van der Waals surface area contributed by atoms with E-state index < -0.39 is 17.3 Å². The van der Waals surface area contributed by atoms with Gasteiger partial charge in [-0.25, -0.2) is 9.37 Å². The minimum Gasteiger partial charge on any atom is -0.321 e. The Kier molecular flexibility index (Phi) is 5.14. The summed E-state index contributed by atoms with van der Waals surface area (Å²) in [4.78, 5) is 30.8. The number of aromatic nitrogens is 2. The second-order valence-corrected chi connectivity index (χ2v) is 6.91. The Morgan fingerprint density at radius 2 is 1.83 bits per heavy atom. The van der Waals surface area contributed by atoms with Crippen molar-refractivity contribution < 1.29 is 9.18 Å². The fourth-order valence-corrected chi connectivity index (χ4v) is 3.30. The Balaban J connectivity index is 1.82. The van der Waals surface area contributed by atoms with E-state index in [1.807, 2.05) is 0 Å². The van der Waals surface area contributed by atoms with Crippen molar-refractivity contribution in [3.63, 3.8) is 0 Å². The van der Waals surface area contributed by atoms with Crippen LogP contribution in [0.5, 0.6) is 0 Å². The number of fused-ring (bicyclic) bond motifs is 1. The highest BCUT2D eigenvalue weighted by molar-refractivity contribution is 7.80. The molecular weight excluding hydrogens is 389 g/mol. The van der Waals surface area contributed by atoms with E-state index in [4.69, 9.17) is 0 Å². The molecule has 0 unspecified atom stereocenters. The summed E-state index contributed by atoms with van der Waals surface area (Å²) >= 11 is 4.32. The molecule has 0 aliphatic carbocycles. The molecule has 2 aromatic heterocycles. The number of nitrogens with one attached hydrogen (secondary N) is 1. The first-order chi connectivity index (χ1) is 14.0. The van der Waals surface area contributed by atoms with Crippen LogP contribution >= 0.6 is 12.6 Å². The van der Waals surface area contributed by atoms with E-state index in [1.54, 1.807) is 60.8 Å². The van der Waals surface area contributed by atoms with E-state index in [0.29, 0.717) is 27.2 Å². The highest BCUT2D eigenvalue weighted by Crippen LogP contribution is 2.20. The van der Waals surface area contributed by atoms with E-state index in [-0.39, 0.29) is 12.1 Å². The van der Waals surface area contributed by atoms with Crippen molar-refractivity contribution in [3.05, 3.63) is 100 Å². The van der Waals surface area contributed by atoms with E-state index in [2.05, 4.69) is 22.9 Å². The number of benzene rings is 2. The molecule has 144 valence electrons. The third kappa shape index (κ3) is 3.77. The zero-order chi connectivity index (χ0) is 20.4. The summed E-state index contributed by atoms with van der Waals surface area (Å²) in [5.41, 5.74) is 0.603. The molecule has 2 heterocycles. The summed E-state index contributed by atoms with van der Waals surface area (Å²) in [5, 5.41) is 3.32. The summed E-state index contributed by atoms with van der Waals surface area (Å²) in [6.45, 7) is -0.0384. The number of anilines is 1. The summed E-state index contributed by atoms with van der Waals surface area (Å²) < 4.78 is 15.5. The van der Waals surface area contributed by atoms with Crippen LogP contribution in [-0.4, -0.2) is 15.5 Å². The van der Waals surface area contributed by atoms with Gasteiger partial charge >= 0.3 is 0 Å². The predicted octanol–water partition coefficient (Wildman–Crippen LogP) is 4.12. The van der Waals surface area contributed by atoms with Crippen molar-refractivity contribution in [2.75, 3.05) is 5.32 Å². The van der Waals surface area contributed by atoms with Crippen LogP contribution < -0.4 is 10.9 Å². The first kappa shape index (κ1) is 18.9. The number of carbonyl (C=O) groups is 1. The molecule has 4 rings (SSSR count). The van der Waals surface area contributed by atoms with E-state index in [9.17, 15) is 14.0 Å². The predicted molar refractivity (Wildman–Crippen MR) is 113 cm³/mol. The summed E-state index contributed by atoms with van der Waals surface area (Å²) in [5.74, 6) is -0.994. The fourth-order valence-electron chi connectivity index (χ4n) is 3.08. The fraction of sp³-hybridized carbons (Fsp3) is 0.0455. The average molecular weight is 405 g/mol. The van der Waals surface area contributed by atoms with Gasteiger partial charge < -0.3 is 5.32 Å². The monoisotopic (exact) mass is 405 g/mol. The van der Waals surface area contributed by atoms with Crippen LogP contribution in [0, 0.1) is 5.82 Å². The van der Waals surface area contributed by atoms with Crippen LogP contribution in [0.2, 0.25) is 0 Å². The topological polar surface area (TPSA) is 64.0 Å². The summed E-state index contributed by atoms with van der Waals surface area (Å²) in [6, 6.07) is 18.1. The van der Waals surface area contributed by atoms with Crippen LogP contribution in [0.1, 0.15) is 15.9 Å². The van der Waals surface area contributed by atoms with Crippen LogP contribution in [-0.2, 0) is 6.54 Å². The molecule has 0 atom stereocenters. The lowest BCUT2D eigenvalue weighted by molar-refractivity contribution is 0.102. The van der Waals surface area contributed by atoms with E-state index >= 15 is 0 Å². The molecule has 0 saturated carbocycles. The number of nitrogens with zero attached hydrogens (tertiary/aromatic N) is 2. The van der Waals surface area contributed by atoms with Gasteiger partial charge in [0.2, 0.25) is 0 Å². The van der Waals surface area contributed by atoms with Crippen molar-refractivity contribution in [3.8, 4) is 0 Å². The van der Waals surface area contributed by atoms with Crippen LogP contribution in [0.15, 0.2) is 82.6 Å². The largest absolute Gasteiger partial charge is 0.321 e. The molecule has 0 spiro atoms. The van der Waals surface area contributed by atoms with E-state index in [1.165, 1.54) is 16.7 Å². The SMILES string of the molecule is O=C(Nc1ccccc1S)c1cc2cccnc2n(Cc2ccccc2F)c1=O. The third-order valence-electron chi connectivity index (χ3n) is 4.53. The molecule has 0 aliphatic rings. The molecule has 29 heavy (non-hydrogen) atoms. The summed E-state index contributed by atoms with van der Waals surface area (Å²) in [6.07, 6.45) is 1.55. The van der Waals surface area contributed by atoms with Gasteiger partial charge in [-0.3, -0.25) is 14.2 Å². The molecule has 0 saturated heterocycles. The number of hydrogen-bond acceptors (Lipinski definition) is 4. The third-order valence-corrected chi connectivity index (χ3v) is 4.92. The molecule has 0 fully saturated rings. The molecule has 7 heteroatoms. The van der Waals surface area contributed by atoms with Gasteiger partial charge in [-0.05, 0) is 36.4 Å². The van der Waals surface area contributed by atoms with Gasteiger partial charge in [0, 0.05) is 22.0 Å². The van der Waals surface area contributed by atoms with E-state index in [0.717, 1.165) is 0 Å². The Bertz CT molecular complexity index is 1290. The zero-order valence-corrected chi connectivity index (χ0v) is 16.1. The molecule has 1 N–H and O–H groups in total. The Morgan fingerprint density at radius 3 is 2.62 bits per heavy atom. The first-order valence-electron chi connectivity index (χ1n) is 8.86. The second-order valence-electron chi connectivity index (χ2n) is 6.43. The van der Waals surface area contributed by atoms with Gasteiger partial charge in [-0.1, -0.05) is 30.3 Å². The van der Waals surface area contributed by atoms with Crippen molar-refractivity contribution >= 4 is 35.3 Å². The van der Waals surface area contributed by atoms with Crippen LogP contribution in [0.4, 0.5) is 10.1 Å². The Hall–Kier alpha value is -3.45. The summed E-state index contributed by atoms with van der Waals surface area (Å²) in [7, 11) is 0. The van der Waals surface area contributed by atoms with Gasteiger partial charge in [0.25, 0.3) is 11.5 Å². The highest BCUT2D eigenvalue weighted by atomic mass is 32.1. The molecule has 0 aliphatic heterocycles. The van der Waals surface area contributed by atoms with Gasteiger partial charge in [-0.2, -0.15) is 0 Å². The van der Waals surface area contributed by atoms with Crippen molar-refractivity contribution in [2.24, 2.45) is 0 Å². The van der Waals surface area contributed by atoms with Crippen molar-refractivity contribution in [1.82, 2.24) is 9.55 Å². The number of amides is 1. The zero-order valence-electron chi connectivity index (χ0n) is 15.2. The highest BCUT2D eigenvalue weighted by Gasteiger charge is 2.18. The second kappa shape index (κ2) is 7.89. The van der Waals surface area contributed by atoms with Gasteiger partial charge in [0.15, 0.2) is 0 Å². The maximum atomic E-state index is 14.2.